The van der Waals surface area contributed by atoms with E-state index in [0.717, 1.165) is 26.0 Å². The molecule has 0 saturated heterocycles. The van der Waals surface area contributed by atoms with Gasteiger partial charge >= 0.3 is 24.7 Å². The van der Waals surface area contributed by atoms with E-state index in [1.165, 1.54) is 6.07 Å². The van der Waals surface area contributed by atoms with Gasteiger partial charge in [-0.15, -0.1) is 0 Å². The van der Waals surface area contributed by atoms with Crippen LogP contribution in [-0.4, -0.2) is 16.4 Å². The van der Waals surface area contributed by atoms with E-state index < -0.39 is 69.8 Å². The molecule has 0 amide bonds. The highest BCUT2D eigenvalue weighted by Crippen LogP contribution is 2.45. The highest BCUT2D eigenvalue weighted by atomic mass is 19.4. The summed E-state index contributed by atoms with van der Waals surface area (Å²) in [5.74, 6) is 0. The number of benzene rings is 2. The molecule has 0 fully saturated rings. The van der Waals surface area contributed by atoms with Crippen LogP contribution >= 0.6 is 0 Å². The van der Waals surface area contributed by atoms with E-state index in [4.69, 9.17) is 0 Å². The maximum absolute atomic E-state index is 13.5. The summed E-state index contributed by atoms with van der Waals surface area (Å²) in [6, 6.07) is 6.16. The summed E-state index contributed by atoms with van der Waals surface area (Å²) in [5.41, 5.74) is -11.1. The molecule has 0 atom stereocenters. The molecule has 2 aromatic carbocycles. The Labute approximate surface area is 217 Å². The molecule has 0 saturated carbocycles. The van der Waals surface area contributed by atoms with E-state index in [-0.39, 0.29) is 11.4 Å². The minimum atomic E-state index is -5.21. The van der Waals surface area contributed by atoms with Gasteiger partial charge in [0.1, 0.15) is 0 Å². The van der Waals surface area contributed by atoms with Gasteiger partial charge in [0, 0.05) is 0 Å². The minimum Gasteiger partial charge on any atom is -0.250 e. The second-order valence-corrected chi connectivity index (χ2v) is 8.20. The molecule has 15 heteroatoms. The molecular weight excluding hydrogens is 570 g/mol. The zero-order valence-corrected chi connectivity index (χ0v) is 20.1. The van der Waals surface area contributed by atoms with Crippen LogP contribution in [0.1, 0.15) is 47.5 Å². The predicted octanol–water partition coefficient (Wildman–Crippen LogP) is 9.44. The lowest BCUT2D eigenvalue weighted by molar-refractivity contribution is -0.143. The second-order valence-electron chi connectivity index (χ2n) is 8.20. The number of nitrogens with zero attached hydrogens (tertiary/aromatic N) is 3. The van der Waals surface area contributed by atoms with Gasteiger partial charge < -0.3 is 0 Å². The molecule has 40 heavy (non-hydrogen) atoms. The lowest BCUT2D eigenvalue weighted by atomic mass is 10.1. The lowest BCUT2D eigenvalue weighted by Gasteiger charge is -2.17. The van der Waals surface area contributed by atoms with Crippen LogP contribution in [0.15, 0.2) is 64.6 Å². The minimum absolute atomic E-state index is 0.308. The van der Waals surface area contributed by atoms with Crippen LogP contribution in [0.5, 0.6) is 0 Å². The molecule has 0 spiro atoms. The van der Waals surface area contributed by atoms with Gasteiger partial charge in [0.2, 0.25) is 0 Å². The SMILES string of the molecule is CC(=Nc1c(C(F)(F)F)cccc1C(F)(F)F)c1cccc(C(C)=Nc2c(C(F)(F)F)cccc2C(F)(F)F)n1. The fourth-order valence-electron chi connectivity index (χ4n) is 3.53. The third-order valence-electron chi connectivity index (χ3n) is 5.34. The number of hydrogen-bond donors (Lipinski definition) is 0. The normalized spacial score (nSPS) is 14.1. The fraction of sp³-hybridized carbons (Fsp3) is 0.240. The molecule has 3 rings (SSSR count). The largest absolute Gasteiger partial charge is 0.418 e. The highest BCUT2D eigenvalue weighted by molar-refractivity contribution is 6.02. The average molecular weight is 585 g/mol. The molecule has 0 aliphatic heterocycles. The quantitative estimate of drug-likeness (QED) is 0.222. The third kappa shape index (κ3) is 6.80. The number of aromatic nitrogens is 1. The van der Waals surface area contributed by atoms with E-state index in [0.29, 0.717) is 36.4 Å². The number of hydrogen-bond acceptors (Lipinski definition) is 3. The van der Waals surface area contributed by atoms with E-state index >= 15 is 0 Å². The molecule has 0 bridgehead atoms. The summed E-state index contributed by atoms with van der Waals surface area (Å²) < 4.78 is 161. The van der Waals surface area contributed by atoms with E-state index in [9.17, 15) is 52.7 Å². The summed E-state index contributed by atoms with van der Waals surface area (Å²) in [6.45, 7) is 2.07. The van der Waals surface area contributed by atoms with Crippen molar-refractivity contribution in [1.82, 2.24) is 4.98 Å². The zero-order valence-electron chi connectivity index (χ0n) is 20.1. The molecule has 0 N–H and O–H groups in total. The molecule has 1 heterocycles. The topological polar surface area (TPSA) is 37.6 Å². The van der Waals surface area contributed by atoms with Gasteiger partial charge in [0.15, 0.2) is 0 Å². The monoisotopic (exact) mass is 585 g/mol. The summed E-state index contributed by atoms with van der Waals surface area (Å²) in [6.07, 6.45) is -20.8. The van der Waals surface area contributed by atoms with Crippen LogP contribution in [0.4, 0.5) is 64.1 Å². The number of rotatable bonds is 4. The first kappa shape index (κ1) is 30.6. The second kappa shape index (κ2) is 10.6. The number of alkyl halides is 12. The number of para-hydroxylation sites is 2. The number of aliphatic imine (C=N–C) groups is 2. The average Bonchev–Trinajstić information content (AvgIpc) is 2.81. The molecule has 1 aromatic heterocycles. The Morgan fingerprint density at radius 1 is 0.475 bits per heavy atom. The first-order chi connectivity index (χ1) is 18.2. The predicted molar refractivity (Wildman–Crippen MR) is 121 cm³/mol. The van der Waals surface area contributed by atoms with Crippen LogP contribution in [0.2, 0.25) is 0 Å². The van der Waals surface area contributed by atoms with Crippen LogP contribution in [0, 0.1) is 0 Å². The van der Waals surface area contributed by atoms with Gasteiger partial charge in [0.05, 0.1) is 56.4 Å². The van der Waals surface area contributed by atoms with Crippen molar-refractivity contribution in [2.75, 3.05) is 0 Å². The van der Waals surface area contributed by atoms with E-state index in [1.54, 1.807) is 0 Å². The Morgan fingerprint density at radius 3 is 0.975 bits per heavy atom. The van der Waals surface area contributed by atoms with Gasteiger partial charge in [-0.1, -0.05) is 18.2 Å². The maximum atomic E-state index is 13.5. The van der Waals surface area contributed by atoms with Crippen LogP contribution in [0.3, 0.4) is 0 Å². The van der Waals surface area contributed by atoms with Crippen molar-refractivity contribution in [2.45, 2.75) is 38.6 Å². The molecule has 0 radical (unpaired) electrons. The van der Waals surface area contributed by atoms with Crippen LogP contribution in [0.25, 0.3) is 0 Å². The van der Waals surface area contributed by atoms with Gasteiger partial charge in [-0.3, -0.25) is 9.98 Å². The Kier molecular flexibility index (Phi) is 8.10. The fourth-order valence-corrected chi connectivity index (χ4v) is 3.53. The smallest absolute Gasteiger partial charge is 0.250 e. The zero-order chi connectivity index (χ0) is 30.3. The van der Waals surface area contributed by atoms with E-state index in [2.05, 4.69) is 15.0 Å². The maximum Gasteiger partial charge on any atom is 0.418 e. The standard InChI is InChI=1S/C25H15F12N3/c1-12(38-20-14(22(26,27)28)6-3-7-15(20)23(29,30)31)18-10-5-11-19(40-18)13(2)39-21-16(24(32,33)34)8-4-9-17(21)25(35,36)37/h3-11H,1-2H3. The Bertz CT molecular complexity index is 1290. The first-order valence-corrected chi connectivity index (χ1v) is 10.8. The Balaban J connectivity index is 2.17. The summed E-state index contributed by atoms with van der Waals surface area (Å²) >= 11 is 0. The molecule has 3 nitrogen and oxygen atoms in total. The van der Waals surface area contributed by atoms with Crippen molar-refractivity contribution in [2.24, 2.45) is 9.98 Å². The lowest BCUT2D eigenvalue weighted by Crippen LogP contribution is -2.13. The van der Waals surface area contributed by atoms with Gasteiger partial charge in [0.25, 0.3) is 0 Å². The summed E-state index contributed by atoms with van der Waals surface area (Å²) in [7, 11) is 0. The molecular formula is C25H15F12N3. The van der Waals surface area contributed by atoms with Gasteiger partial charge in [-0.2, -0.15) is 52.7 Å². The number of pyridine rings is 1. The van der Waals surface area contributed by atoms with Crippen molar-refractivity contribution in [3.63, 3.8) is 0 Å². The summed E-state index contributed by atoms with van der Waals surface area (Å²) in [4.78, 5) is 11.0. The van der Waals surface area contributed by atoms with Crippen molar-refractivity contribution in [3.8, 4) is 0 Å². The van der Waals surface area contributed by atoms with Gasteiger partial charge in [-0.25, -0.2) is 4.98 Å². The summed E-state index contributed by atoms with van der Waals surface area (Å²) in [5, 5.41) is 0. The van der Waals surface area contributed by atoms with Crippen LogP contribution < -0.4 is 0 Å². The van der Waals surface area contributed by atoms with Crippen molar-refractivity contribution in [3.05, 3.63) is 88.2 Å². The van der Waals surface area contributed by atoms with Crippen molar-refractivity contribution >= 4 is 22.8 Å². The highest BCUT2D eigenvalue weighted by Gasteiger charge is 2.42. The van der Waals surface area contributed by atoms with Crippen molar-refractivity contribution in [1.29, 1.82) is 0 Å². The van der Waals surface area contributed by atoms with Crippen LogP contribution in [-0.2, 0) is 24.7 Å². The third-order valence-corrected chi connectivity index (χ3v) is 5.34. The Hall–Kier alpha value is -3.91. The molecule has 0 aliphatic carbocycles. The molecule has 0 aliphatic rings. The molecule has 0 unspecified atom stereocenters. The van der Waals surface area contributed by atoms with Gasteiger partial charge in [-0.05, 0) is 50.2 Å². The van der Waals surface area contributed by atoms with E-state index in [1.807, 2.05) is 0 Å². The molecule has 214 valence electrons. The Morgan fingerprint density at radius 2 is 0.725 bits per heavy atom. The first-order valence-electron chi connectivity index (χ1n) is 10.8. The number of halogens is 12. The van der Waals surface area contributed by atoms with Crippen molar-refractivity contribution < 1.29 is 52.7 Å². The molecule has 3 aromatic rings.